The zero-order valence-corrected chi connectivity index (χ0v) is 19.9. The Morgan fingerprint density at radius 3 is 2.66 bits per heavy atom. The number of ether oxygens (including phenoxy) is 1. The highest BCUT2D eigenvalue weighted by atomic mass is 32.2. The molecule has 172 valence electrons. The molecule has 2 aromatic rings. The summed E-state index contributed by atoms with van der Waals surface area (Å²) in [6.07, 6.45) is 4.02. The third kappa shape index (κ3) is 4.16. The molecule has 3 N–H and O–H groups in total. The minimum absolute atomic E-state index is 0.00733. The van der Waals surface area contributed by atoms with E-state index in [0.717, 1.165) is 19.3 Å². The standard InChI is InChI=1S/C23H31N5O3S/c1-22(2,3)32(30)27-19-16-8-6-5-7-15(16)13-23(19)9-11-28(12-10-23)20-18(21(29)31-4)25-14-17(24)26-20/h5-8,14,19,27H,9-13H2,1-4H3,(H2,24,26)/t19-,32?/m1/s1. The number of fused-ring (bicyclic) bond motifs is 1. The van der Waals surface area contributed by atoms with Crippen LogP contribution in [-0.2, 0) is 22.5 Å². The van der Waals surface area contributed by atoms with Crippen LogP contribution in [-0.4, -0.2) is 45.4 Å². The van der Waals surface area contributed by atoms with Crippen LogP contribution in [0.3, 0.4) is 0 Å². The fourth-order valence-electron chi connectivity index (χ4n) is 4.74. The monoisotopic (exact) mass is 457 g/mol. The first-order chi connectivity index (χ1) is 15.1. The van der Waals surface area contributed by atoms with Crippen molar-refractivity contribution in [3.8, 4) is 0 Å². The Hall–Kier alpha value is -2.36. The molecule has 1 fully saturated rings. The first-order valence-electron chi connectivity index (χ1n) is 10.9. The van der Waals surface area contributed by atoms with E-state index in [4.69, 9.17) is 10.5 Å². The molecular weight excluding hydrogens is 426 g/mol. The Morgan fingerprint density at radius 1 is 1.31 bits per heavy atom. The van der Waals surface area contributed by atoms with Crippen molar-refractivity contribution in [2.24, 2.45) is 5.41 Å². The van der Waals surface area contributed by atoms with Crippen molar-refractivity contribution >= 4 is 29.0 Å². The Kier molecular flexibility index (Phi) is 6.08. The van der Waals surface area contributed by atoms with Crippen LogP contribution < -0.4 is 15.4 Å². The predicted octanol–water partition coefficient (Wildman–Crippen LogP) is 2.78. The van der Waals surface area contributed by atoms with E-state index < -0.39 is 17.3 Å². The zero-order chi connectivity index (χ0) is 23.1. The van der Waals surface area contributed by atoms with Crippen LogP contribution in [0.2, 0.25) is 0 Å². The number of nitrogens with zero attached hydrogens (tertiary/aromatic N) is 3. The molecule has 2 aliphatic rings. The molecule has 1 unspecified atom stereocenters. The SMILES string of the molecule is COC(=O)c1ncc(N)nc1N1CCC2(CC1)Cc1ccccc1[C@H]2N[S+]([O-])C(C)(C)C. The van der Waals surface area contributed by atoms with Crippen LogP contribution >= 0.6 is 0 Å². The summed E-state index contributed by atoms with van der Waals surface area (Å²) in [5.74, 6) is 0.201. The van der Waals surface area contributed by atoms with Gasteiger partial charge in [0.25, 0.3) is 0 Å². The van der Waals surface area contributed by atoms with Crippen molar-refractivity contribution in [1.82, 2.24) is 14.7 Å². The van der Waals surface area contributed by atoms with Gasteiger partial charge in [-0.25, -0.2) is 14.8 Å². The van der Waals surface area contributed by atoms with Crippen molar-refractivity contribution in [2.45, 2.75) is 50.8 Å². The topological polar surface area (TPSA) is 116 Å². The highest BCUT2D eigenvalue weighted by molar-refractivity contribution is 7.90. The fraction of sp³-hybridized carbons (Fsp3) is 0.522. The molecule has 32 heavy (non-hydrogen) atoms. The highest BCUT2D eigenvalue weighted by Crippen LogP contribution is 2.52. The van der Waals surface area contributed by atoms with Crippen LogP contribution in [0, 0.1) is 5.41 Å². The van der Waals surface area contributed by atoms with Gasteiger partial charge in [0.1, 0.15) is 10.6 Å². The van der Waals surface area contributed by atoms with Crippen molar-refractivity contribution in [3.05, 3.63) is 47.3 Å². The van der Waals surface area contributed by atoms with Crippen LogP contribution in [0.1, 0.15) is 61.3 Å². The second-order valence-electron chi connectivity index (χ2n) is 9.62. The number of hydrogen-bond donors (Lipinski definition) is 2. The summed E-state index contributed by atoms with van der Waals surface area (Å²) in [6, 6.07) is 8.44. The average molecular weight is 458 g/mol. The Bertz CT molecular complexity index is 1000. The van der Waals surface area contributed by atoms with Gasteiger partial charge in [-0.3, -0.25) is 0 Å². The number of nitrogens with two attached hydrogens (primary N) is 1. The van der Waals surface area contributed by atoms with Gasteiger partial charge in [0.15, 0.2) is 11.5 Å². The molecule has 0 bridgehead atoms. The van der Waals surface area contributed by atoms with E-state index in [2.05, 4.69) is 37.8 Å². The molecule has 1 spiro atoms. The van der Waals surface area contributed by atoms with Gasteiger partial charge in [-0.1, -0.05) is 24.3 Å². The lowest BCUT2D eigenvalue weighted by Gasteiger charge is -2.44. The number of hydrogen-bond acceptors (Lipinski definition) is 8. The van der Waals surface area contributed by atoms with Crippen molar-refractivity contribution in [3.63, 3.8) is 0 Å². The van der Waals surface area contributed by atoms with Gasteiger partial charge in [-0.15, -0.1) is 4.72 Å². The number of carbonyl (C=O) groups excluding carboxylic acids is 1. The zero-order valence-electron chi connectivity index (χ0n) is 19.1. The molecular formula is C23H31N5O3S. The third-order valence-corrected chi connectivity index (χ3v) is 8.07. The summed E-state index contributed by atoms with van der Waals surface area (Å²) in [6.45, 7) is 7.34. The second kappa shape index (κ2) is 8.53. The lowest BCUT2D eigenvalue weighted by atomic mass is 9.73. The van der Waals surface area contributed by atoms with E-state index >= 15 is 0 Å². The number of esters is 1. The summed E-state index contributed by atoms with van der Waals surface area (Å²) in [4.78, 5) is 22.8. The quantitative estimate of drug-likeness (QED) is 0.532. The van der Waals surface area contributed by atoms with Gasteiger partial charge in [0.05, 0.1) is 19.3 Å². The lowest BCUT2D eigenvalue weighted by molar-refractivity contribution is 0.0594. The number of nitrogen functional groups attached to an aromatic ring is 1. The van der Waals surface area contributed by atoms with E-state index in [0.29, 0.717) is 18.9 Å². The lowest BCUT2D eigenvalue weighted by Crippen LogP contribution is -2.50. The van der Waals surface area contributed by atoms with Crippen molar-refractivity contribution in [2.75, 3.05) is 30.8 Å². The first-order valence-corrected chi connectivity index (χ1v) is 12.0. The van der Waals surface area contributed by atoms with E-state index in [1.807, 2.05) is 26.8 Å². The van der Waals surface area contributed by atoms with Gasteiger partial charge in [0.2, 0.25) is 0 Å². The van der Waals surface area contributed by atoms with Gasteiger partial charge >= 0.3 is 5.97 Å². The molecule has 1 aliphatic carbocycles. The van der Waals surface area contributed by atoms with Gasteiger partial charge in [-0.05, 0) is 51.2 Å². The maximum atomic E-state index is 13.0. The molecule has 9 heteroatoms. The number of nitrogens with one attached hydrogen (secondary N) is 1. The number of carbonyl (C=O) groups is 1. The Morgan fingerprint density at radius 2 is 2.00 bits per heavy atom. The fourth-order valence-corrected chi connectivity index (χ4v) is 5.69. The summed E-state index contributed by atoms with van der Waals surface area (Å²) < 4.78 is 21.0. The molecule has 1 aliphatic heterocycles. The van der Waals surface area contributed by atoms with Gasteiger partial charge < -0.3 is 19.9 Å². The van der Waals surface area contributed by atoms with E-state index in [1.54, 1.807) is 0 Å². The number of piperidine rings is 1. The average Bonchev–Trinajstić information content (AvgIpc) is 3.05. The van der Waals surface area contributed by atoms with E-state index in [1.165, 1.54) is 24.4 Å². The minimum Gasteiger partial charge on any atom is -0.598 e. The maximum absolute atomic E-state index is 13.0. The molecule has 8 nitrogen and oxygen atoms in total. The molecule has 1 aromatic carbocycles. The first kappa shape index (κ1) is 22.8. The third-order valence-electron chi connectivity index (χ3n) is 6.51. The van der Waals surface area contributed by atoms with E-state index in [9.17, 15) is 9.35 Å². The summed E-state index contributed by atoms with van der Waals surface area (Å²) in [5.41, 5.74) is 8.53. The molecule has 4 rings (SSSR count). The molecule has 2 heterocycles. The number of benzene rings is 1. The predicted molar refractivity (Wildman–Crippen MR) is 126 cm³/mol. The normalized spacial score (nSPS) is 20.8. The minimum atomic E-state index is -1.18. The van der Waals surface area contributed by atoms with Crippen LogP contribution in [0.15, 0.2) is 30.5 Å². The second-order valence-corrected chi connectivity index (χ2v) is 11.6. The summed E-state index contributed by atoms with van der Waals surface area (Å²) in [5, 5.41) is 0. The molecule has 2 atom stereocenters. The smallest absolute Gasteiger partial charge is 0.360 e. The van der Waals surface area contributed by atoms with Crippen molar-refractivity contribution in [1.29, 1.82) is 0 Å². The maximum Gasteiger partial charge on any atom is 0.360 e. The van der Waals surface area contributed by atoms with Crippen LogP contribution in [0.4, 0.5) is 11.6 Å². The van der Waals surface area contributed by atoms with Crippen LogP contribution in [0.5, 0.6) is 0 Å². The highest BCUT2D eigenvalue weighted by Gasteiger charge is 2.50. The largest absolute Gasteiger partial charge is 0.598 e. The molecule has 1 saturated heterocycles. The number of anilines is 2. The Balaban J connectivity index is 1.60. The molecule has 0 saturated carbocycles. The van der Waals surface area contributed by atoms with Gasteiger partial charge in [0, 0.05) is 29.9 Å². The van der Waals surface area contributed by atoms with Crippen LogP contribution in [0.25, 0.3) is 0 Å². The number of rotatable bonds is 4. The van der Waals surface area contributed by atoms with E-state index in [-0.39, 0.29) is 27.7 Å². The molecule has 0 amide bonds. The van der Waals surface area contributed by atoms with Gasteiger partial charge in [-0.2, -0.15) is 0 Å². The Labute approximate surface area is 192 Å². The molecule has 1 aromatic heterocycles. The number of methoxy groups -OCH3 is 1. The summed E-state index contributed by atoms with van der Waals surface area (Å²) >= 11 is -1.18. The van der Waals surface area contributed by atoms with Crippen molar-refractivity contribution < 1.29 is 14.1 Å². The molecule has 0 radical (unpaired) electrons. The summed E-state index contributed by atoms with van der Waals surface area (Å²) in [7, 11) is 1.33. The number of aromatic nitrogens is 2.